The van der Waals surface area contributed by atoms with E-state index in [0.717, 1.165) is 49.4 Å². The van der Waals surface area contributed by atoms with Crippen LogP contribution in [0.1, 0.15) is 35.2 Å². The zero-order valence-corrected chi connectivity index (χ0v) is 19.7. The third-order valence-electron chi connectivity index (χ3n) is 6.02. The molecule has 0 N–H and O–H groups in total. The van der Waals surface area contributed by atoms with E-state index in [1.54, 1.807) is 31.4 Å². The van der Waals surface area contributed by atoms with Gasteiger partial charge in [-0.3, -0.25) is 0 Å². The lowest BCUT2D eigenvalue weighted by Crippen LogP contribution is -2.40. The zero-order valence-electron chi connectivity index (χ0n) is 18.9. The van der Waals surface area contributed by atoms with E-state index in [9.17, 15) is 13.2 Å². The summed E-state index contributed by atoms with van der Waals surface area (Å²) in [6.07, 6.45) is 3.22. The van der Waals surface area contributed by atoms with Gasteiger partial charge in [-0.15, -0.1) is 0 Å². The second-order valence-electron chi connectivity index (χ2n) is 8.17. The Kier molecular flexibility index (Phi) is 7.52. The fraction of sp³-hybridized carbons (Fsp3) is 0.458. The number of morpholine rings is 1. The molecule has 0 bridgehead atoms. The lowest BCUT2D eigenvalue weighted by atomic mass is 10.1. The number of piperidine rings is 1. The van der Waals surface area contributed by atoms with Crippen molar-refractivity contribution in [2.75, 3.05) is 51.4 Å². The van der Waals surface area contributed by atoms with E-state index in [1.807, 2.05) is 12.1 Å². The Labute approximate surface area is 195 Å². The summed E-state index contributed by atoms with van der Waals surface area (Å²) in [5, 5.41) is 0. The highest BCUT2D eigenvalue weighted by Gasteiger charge is 2.29. The molecule has 0 spiro atoms. The second kappa shape index (κ2) is 10.5. The fourth-order valence-corrected chi connectivity index (χ4v) is 5.57. The van der Waals surface area contributed by atoms with Crippen molar-refractivity contribution in [1.82, 2.24) is 4.31 Å². The van der Waals surface area contributed by atoms with Gasteiger partial charge < -0.3 is 19.1 Å². The van der Waals surface area contributed by atoms with Gasteiger partial charge in [0, 0.05) is 26.2 Å². The molecule has 0 saturated carbocycles. The Bertz CT molecular complexity index is 1060. The molecule has 178 valence electrons. The molecule has 2 fully saturated rings. The molecular formula is C24H30N2O6S. The second-order valence-corrected chi connectivity index (χ2v) is 10.1. The van der Waals surface area contributed by atoms with Crippen LogP contribution in [-0.2, 0) is 26.1 Å². The smallest absolute Gasteiger partial charge is 0.340 e. The van der Waals surface area contributed by atoms with Crippen molar-refractivity contribution >= 4 is 21.7 Å². The summed E-state index contributed by atoms with van der Waals surface area (Å²) in [6.45, 7) is 3.07. The molecule has 0 radical (unpaired) electrons. The summed E-state index contributed by atoms with van der Waals surface area (Å²) in [5.74, 6) is 0.184. The van der Waals surface area contributed by atoms with Crippen LogP contribution in [0.2, 0.25) is 0 Å². The average Bonchev–Trinajstić information content (AvgIpc) is 2.88. The first-order chi connectivity index (χ1) is 16.0. The van der Waals surface area contributed by atoms with Gasteiger partial charge in [0.25, 0.3) is 0 Å². The van der Waals surface area contributed by atoms with Crippen LogP contribution in [0.3, 0.4) is 0 Å². The van der Waals surface area contributed by atoms with Crippen molar-refractivity contribution in [1.29, 1.82) is 0 Å². The molecule has 2 heterocycles. The van der Waals surface area contributed by atoms with Crippen molar-refractivity contribution in [3.05, 3.63) is 53.6 Å². The van der Waals surface area contributed by atoms with E-state index in [1.165, 1.54) is 10.4 Å². The molecule has 2 saturated heterocycles. The Balaban J connectivity index is 1.60. The summed E-state index contributed by atoms with van der Waals surface area (Å²) in [7, 11) is -2.13. The number of nitrogens with zero attached hydrogens (tertiary/aromatic N) is 2. The average molecular weight is 475 g/mol. The van der Waals surface area contributed by atoms with Gasteiger partial charge in [-0.05, 0) is 55.2 Å². The first kappa shape index (κ1) is 23.5. The number of benzene rings is 2. The molecule has 33 heavy (non-hydrogen) atoms. The first-order valence-electron chi connectivity index (χ1n) is 11.3. The molecule has 0 aliphatic carbocycles. The van der Waals surface area contributed by atoms with Crippen LogP contribution in [0, 0.1) is 0 Å². The highest BCUT2D eigenvalue weighted by atomic mass is 32.2. The van der Waals surface area contributed by atoms with Gasteiger partial charge in [0.1, 0.15) is 12.4 Å². The maximum Gasteiger partial charge on any atom is 0.340 e. The van der Waals surface area contributed by atoms with Gasteiger partial charge in [-0.25, -0.2) is 13.2 Å². The van der Waals surface area contributed by atoms with E-state index < -0.39 is 16.0 Å². The molecule has 0 amide bonds. The number of ether oxygens (including phenoxy) is 3. The molecule has 2 aliphatic heterocycles. The number of rotatable bonds is 7. The quantitative estimate of drug-likeness (QED) is 0.570. The number of esters is 1. The van der Waals surface area contributed by atoms with Crippen molar-refractivity contribution in [3.8, 4) is 5.75 Å². The molecular weight excluding hydrogens is 444 g/mol. The van der Waals surface area contributed by atoms with Gasteiger partial charge in [-0.1, -0.05) is 12.1 Å². The monoisotopic (exact) mass is 474 g/mol. The minimum absolute atomic E-state index is 0.0860. The van der Waals surface area contributed by atoms with Crippen LogP contribution in [0.4, 0.5) is 5.69 Å². The van der Waals surface area contributed by atoms with E-state index in [4.69, 9.17) is 14.2 Å². The summed E-state index contributed by atoms with van der Waals surface area (Å²) in [5.41, 5.74) is 1.82. The Morgan fingerprint density at radius 3 is 2.33 bits per heavy atom. The summed E-state index contributed by atoms with van der Waals surface area (Å²) in [4.78, 5) is 15.4. The molecule has 0 aromatic heterocycles. The summed E-state index contributed by atoms with van der Waals surface area (Å²) in [6, 6.07) is 12.1. The van der Waals surface area contributed by atoms with Crippen molar-refractivity contribution in [2.24, 2.45) is 0 Å². The maximum atomic E-state index is 13.2. The third kappa shape index (κ3) is 5.48. The summed E-state index contributed by atoms with van der Waals surface area (Å²) < 4.78 is 43.8. The number of hydrogen-bond donors (Lipinski definition) is 0. The standard InChI is InChI=1S/C24H30N2O6S/c1-30-20-7-5-19(6-8-20)18-32-24(27)22-17-21(33(28,29)26-13-15-31-16-14-26)9-10-23(22)25-11-3-2-4-12-25/h5-10,17H,2-4,11-16,18H2,1H3. The SMILES string of the molecule is COc1ccc(COC(=O)c2cc(S(=O)(=O)N3CCOCC3)ccc2N2CCCCC2)cc1. The summed E-state index contributed by atoms with van der Waals surface area (Å²) >= 11 is 0. The molecule has 2 aromatic carbocycles. The number of hydrogen-bond acceptors (Lipinski definition) is 7. The van der Waals surface area contributed by atoms with Crippen LogP contribution in [0.25, 0.3) is 0 Å². The van der Waals surface area contributed by atoms with Crippen molar-refractivity contribution in [3.63, 3.8) is 0 Å². The lowest BCUT2D eigenvalue weighted by Gasteiger charge is -2.31. The Hall–Kier alpha value is -2.62. The van der Waals surface area contributed by atoms with Crippen molar-refractivity contribution < 1.29 is 27.4 Å². The van der Waals surface area contributed by atoms with Crippen LogP contribution in [0.15, 0.2) is 47.4 Å². The molecule has 2 aromatic rings. The number of sulfonamides is 1. The van der Waals surface area contributed by atoms with E-state index in [0.29, 0.717) is 26.3 Å². The van der Waals surface area contributed by atoms with Gasteiger partial charge in [-0.2, -0.15) is 4.31 Å². The van der Waals surface area contributed by atoms with E-state index in [-0.39, 0.29) is 17.1 Å². The number of anilines is 1. The van der Waals surface area contributed by atoms with E-state index >= 15 is 0 Å². The highest BCUT2D eigenvalue weighted by Crippen LogP contribution is 2.29. The minimum Gasteiger partial charge on any atom is -0.497 e. The fourth-order valence-electron chi connectivity index (χ4n) is 4.13. The molecule has 2 aliphatic rings. The normalized spacial score (nSPS) is 17.5. The van der Waals surface area contributed by atoms with Gasteiger partial charge in [0.05, 0.1) is 36.5 Å². The molecule has 0 atom stereocenters. The molecule has 9 heteroatoms. The van der Waals surface area contributed by atoms with Crippen LogP contribution in [0.5, 0.6) is 5.75 Å². The largest absolute Gasteiger partial charge is 0.497 e. The number of methoxy groups -OCH3 is 1. The van der Waals surface area contributed by atoms with Crippen molar-refractivity contribution in [2.45, 2.75) is 30.8 Å². The van der Waals surface area contributed by atoms with Crippen LogP contribution >= 0.6 is 0 Å². The van der Waals surface area contributed by atoms with E-state index in [2.05, 4.69) is 4.90 Å². The molecule has 8 nitrogen and oxygen atoms in total. The minimum atomic E-state index is -3.73. The van der Waals surface area contributed by atoms with Gasteiger partial charge in [0.15, 0.2) is 0 Å². The topological polar surface area (TPSA) is 85.4 Å². The molecule has 4 rings (SSSR count). The predicted octanol–water partition coefficient (Wildman–Crippen LogP) is 3.06. The Morgan fingerprint density at radius 2 is 1.67 bits per heavy atom. The third-order valence-corrected chi connectivity index (χ3v) is 7.92. The Morgan fingerprint density at radius 1 is 0.970 bits per heavy atom. The number of carbonyl (C=O) groups excluding carboxylic acids is 1. The highest BCUT2D eigenvalue weighted by molar-refractivity contribution is 7.89. The van der Waals surface area contributed by atoms with Crippen LogP contribution in [-0.4, -0.2) is 65.2 Å². The zero-order chi connectivity index (χ0) is 23.3. The number of carbonyl (C=O) groups is 1. The van der Waals surface area contributed by atoms with Gasteiger partial charge in [0.2, 0.25) is 10.0 Å². The first-order valence-corrected chi connectivity index (χ1v) is 12.7. The van der Waals surface area contributed by atoms with Crippen LogP contribution < -0.4 is 9.64 Å². The predicted molar refractivity (Wildman–Crippen MR) is 124 cm³/mol. The maximum absolute atomic E-state index is 13.2. The molecule has 0 unspecified atom stereocenters. The van der Waals surface area contributed by atoms with Gasteiger partial charge >= 0.3 is 5.97 Å². The lowest BCUT2D eigenvalue weighted by molar-refractivity contribution is 0.0473.